The van der Waals surface area contributed by atoms with Crippen molar-refractivity contribution in [3.63, 3.8) is 0 Å². The van der Waals surface area contributed by atoms with Crippen molar-refractivity contribution in [1.29, 1.82) is 0 Å². The standard InChI is InChI=1S/C27H27F2N5O4S/c1-34-23(9-12-32-34)20-8-7-19(37-16-18-5-3-2-4-6-18)13-24(20)38-25-14-22(29)26(15-21(25)28)39(35,36)33-27-10-11-30-17-31-27/h2-6,9-12,14-15,17,19-20,24H,7-8,13,16H2,1H3,(H,30,31,33). The first kappa shape index (κ1) is 26.7. The molecule has 0 spiro atoms. The lowest BCUT2D eigenvalue weighted by Crippen LogP contribution is -2.37. The van der Waals surface area contributed by atoms with Gasteiger partial charge in [0.25, 0.3) is 10.0 Å². The van der Waals surface area contributed by atoms with E-state index in [0.29, 0.717) is 25.5 Å². The van der Waals surface area contributed by atoms with E-state index >= 15 is 8.78 Å². The third kappa shape index (κ3) is 6.23. The molecule has 3 unspecified atom stereocenters. The van der Waals surface area contributed by atoms with Crippen LogP contribution in [0.15, 0.2) is 78.2 Å². The third-order valence-electron chi connectivity index (χ3n) is 6.69. The molecule has 2 heterocycles. The number of nitrogens with zero attached hydrogens (tertiary/aromatic N) is 4. The molecule has 39 heavy (non-hydrogen) atoms. The van der Waals surface area contributed by atoms with Gasteiger partial charge in [-0.25, -0.2) is 27.2 Å². The zero-order chi connectivity index (χ0) is 27.4. The summed E-state index contributed by atoms with van der Waals surface area (Å²) in [6.45, 7) is 0.420. The lowest BCUT2D eigenvalue weighted by Gasteiger charge is -2.36. The highest BCUT2D eigenvalue weighted by Crippen LogP contribution is 2.38. The number of halogens is 2. The molecule has 4 aromatic rings. The monoisotopic (exact) mass is 555 g/mol. The Bertz CT molecular complexity index is 1520. The van der Waals surface area contributed by atoms with Crippen molar-refractivity contribution in [3.05, 3.63) is 96.2 Å². The Morgan fingerprint density at radius 1 is 1.05 bits per heavy atom. The molecule has 0 amide bonds. The minimum absolute atomic E-state index is 0.0760. The van der Waals surface area contributed by atoms with Gasteiger partial charge in [0.05, 0.1) is 12.7 Å². The fourth-order valence-electron chi connectivity index (χ4n) is 4.76. The van der Waals surface area contributed by atoms with Gasteiger partial charge < -0.3 is 9.47 Å². The van der Waals surface area contributed by atoms with Crippen LogP contribution >= 0.6 is 0 Å². The van der Waals surface area contributed by atoms with Crippen LogP contribution < -0.4 is 9.46 Å². The molecule has 1 aliphatic carbocycles. The quantitative estimate of drug-likeness (QED) is 0.322. The molecule has 12 heteroatoms. The molecule has 204 valence electrons. The van der Waals surface area contributed by atoms with Crippen LogP contribution in [0.2, 0.25) is 0 Å². The molecule has 0 radical (unpaired) electrons. The van der Waals surface area contributed by atoms with Gasteiger partial charge >= 0.3 is 0 Å². The summed E-state index contributed by atoms with van der Waals surface area (Å²) in [4.78, 5) is 6.60. The minimum Gasteiger partial charge on any atom is -0.486 e. The molecule has 1 fully saturated rings. The molecular weight excluding hydrogens is 528 g/mol. The molecular formula is C27H27F2N5O4S. The molecule has 9 nitrogen and oxygen atoms in total. The highest BCUT2D eigenvalue weighted by atomic mass is 32.2. The Hall–Kier alpha value is -3.90. The zero-order valence-electron chi connectivity index (χ0n) is 21.1. The maximum atomic E-state index is 15.2. The van der Waals surface area contributed by atoms with Gasteiger partial charge in [-0.1, -0.05) is 30.3 Å². The smallest absolute Gasteiger partial charge is 0.266 e. The molecule has 1 aliphatic rings. The van der Waals surface area contributed by atoms with Crippen LogP contribution in [0.25, 0.3) is 0 Å². The largest absolute Gasteiger partial charge is 0.486 e. The highest BCUT2D eigenvalue weighted by molar-refractivity contribution is 7.92. The molecule has 0 aliphatic heterocycles. The fraction of sp³-hybridized carbons (Fsp3) is 0.296. The summed E-state index contributed by atoms with van der Waals surface area (Å²) in [5, 5.41) is 4.25. The summed E-state index contributed by atoms with van der Waals surface area (Å²) in [5.74, 6) is -2.77. The number of ether oxygens (including phenoxy) is 2. The van der Waals surface area contributed by atoms with E-state index in [2.05, 4.69) is 19.8 Å². The van der Waals surface area contributed by atoms with Crippen LogP contribution in [0.3, 0.4) is 0 Å². The van der Waals surface area contributed by atoms with Crippen molar-refractivity contribution in [2.45, 2.75) is 48.9 Å². The van der Waals surface area contributed by atoms with E-state index in [1.807, 2.05) is 43.4 Å². The van der Waals surface area contributed by atoms with Gasteiger partial charge in [0.2, 0.25) is 0 Å². The zero-order valence-corrected chi connectivity index (χ0v) is 21.9. The van der Waals surface area contributed by atoms with Crippen LogP contribution in [0.5, 0.6) is 5.75 Å². The van der Waals surface area contributed by atoms with E-state index in [-0.39, 0.29) is 23.6 Å². The van der Waals surface area contributed by atoms with E-state index in [1.54, 1.807) is 10.9 Å². The molecule has 5 rings (SSSR count). The molecule has 1 saturated carbocycles. The second kappa shape index (κ2) is 11.5. The van der Waals surface area contributed by atoms with Crippen molar-refractivity contribution in [2.75, 3.05) is 4.72 Å². The number of aromatic nitrogens is 4. The predicted molar refractivity (Wildman–Crippen MR) is 138 cm³/mol. The first-order valence-corrected chi connectivity index (χ1v) is 13.9. The van der Waals surface area contributed by atoms with E-state index in [9.17, 15) is 8.42 Å². The van der Waals surface area contributed by atoms with E-state index in [1.165, 1.54) is 12.3 Å². The molecule has 1 N–H and O–H groups in total. The second-order valence-electron chi connectivity index (χ2n) is 9.29. The number of aryl methyl sites for hydroxylation is 1. The number of anilines is 1. The Kier molecular flexibility index (Phi) is 7.84. The number of sulfonamides is 1. The van der Waals surface area contributed by atoms with Crippen molar-refractivity contribution < 1.29 is 26.7 Å². The molecule has 2 aromatic heterocycles. The van der Waals surface area contributed by atoms with E-state index < -0.39 is 32.7 Å². The van der Waals surface area contributed by atoms with Crippen molar-refractivity contribution >= 4 is 15.8 Å². The average Bonchev–Trinajstić information content (AvgIpc) is 3.35. The Morgan fingerprint density at radius 2 is 1.87 bits per heavy atom. The highest BCUT2D eigenvalue weighted by Gasteiger charge is 2.36. The fourth-order valence-corrected chi connectivity index (χ4v) is 5.84. The first-order valence-electron chi connectivity index (χ1n) is 12.4. The minimum atomic E-state index is -4.45. The summed E-state index contributed by atoms with van der Waals surface area (Å²) in [5.41, 5.74) is 1.93. The topological polar surface area (TPSA) is 108 Å². The molecule has 2 aromatic carbocycles. The Labute approximate surface area is 224 Å². The number of benzene rings is 2. The van der Waals surface area contributed by atoms with E-state index in [4.69, 9.17) is 9.47 Å². The van der Waals surface area contributed by atoms with Crippen LogP contribution in [-0.4, -0.2) is 40.4 Å². The predicted octanol–water partition coefficient (Wildman–Crippen LogP) is 4.59. The van der Waals surface area contributed by atoms with Gasteiger partial charge in [-0.3, -0.25) is 9.40 Å². The van der Waals surface area contributed by atoms with Gasteiger partial charge in [0, 0.05) is 49.6 Å². The maximum Gasteiger partial charge on any atom is 0.266 e. The average molecular weight is 556 g/mol. The third-order valence-corrected chi connectivity index (χ3v) is 8.06. The van der Waals surface area contributed by atoms with Gasteiger partial charge in [-0.15, -0.1) is 0 Å². The number of rotatable bonds is 9. The van der Waals surface area contributed by atoms with Crippen molar-refractivity contribution in [3.8, 4) is 5.75 Å². The summed E-state index contributed by atoms with van der Waals surface area (Å²) < 4.78 is 71.7. The molecule has 0 saturated heterocycles. The molecule has 0 bridgehead atoms. The Balaban J connectivity index is 1.37. The maximum absolute atomic E-state index is 15.2. The SMILES string of the molecule is Cn1nccc1C1CCC(OCc2ccccc2)CC1Oc1cc(F)c(S(=O)(=O)Nc2ccncn2)cc1F. The van der Waals surface area contributed by atoms with Crippen molar-refractivity contribution in [2.24, 2.45) is 7.05 Å². The second-order valence-corrected chi connectivity index (χ2v) is 10.9. The summed E-state index contributed by atoms with van der Waals surface area (Å²) in [6.07, 6.45) is 5.27. The lowest BCUT2D eigenvalue weighted by molar-refractivity contribution is -0.0258. The summed E-state index contributed by atoms with van der Waals surface area (Å²) >= 11 is 0. The molecule has 3 atom stereocenters. The van der Waals surface area contributed by atoms with Crippen LogP contribution in [0, 0.1) is 11.6 Å². The lowest BCUT2D eigenvalue weighted by atomic mass is 9.82. The summed E-state index contributed by atoms with van der Waals surface area (Å²) in [6, 6.07) is 14.3. The van der Waals surface area contributed by atoms with Crippen LogP contribution in [-0.2, 0) is 28.4 Å². The van der Waals surface area contributed by atoms with E-state index in [0.717, 1.165) is 30.1 Å². The number of hydrogen-bond acceptors (Lipinski definition) is 7. The van der Waals surface area contributed by atoms with Crippen molar-refractivity contribution in [1.82, 2.24) is 19.7 Å². The van der Waals surface area contributed by atoms with Crippen LogP contribution in [0.4, 0.5) is 14.6 Å². The van der Waals surface area contributed by atoms with Gasteiger partial charge in [-0.05, 0) is 30.5 Å². The van der Waals surface area contributed by atoms with Gasteiger partial charge in [-0.2, -0.15) is 5.10 Å². The summed E-state index contributed by atoms with van der Waals surface area (Å²) in [7, 11) is -2.64. The van der Waals surface area contributed by atoms with Crippen LogP contribution in [0.1, 0.15) is 36.4 Å². The number of hydrogen-bond donors (Lipinski definition) is 1. The Morgan fingerprint density at radius 3 is 2.59 bits per heavy atom. The normalized spacial score (nSPS) is 19.5. The van der Waals surface area contributed by atoms with Gasteiger partial charge in [0.1, 0.15) is 29.0 Å². The number of nitrogens with one attached hydrogen (secondary N) is 1. The van der Waals surface area contributed by atoms with Gasteiger partial charge in [0.15, 0.2) is 11.6 Å². The first-order chi connectivity index (χ1) is 18.8.